The molecule has 0 aliphatic rings. The van der Waals surface area contributed by atoms with E-state index in [4.69, 9.17) is 5.26 Å². The third-order valence-electron chi connectivity index (χ3n) is 2.28. The van der Waals surface area contributed by atoms with Gasteiger partial charge in [0, 0.05) is 4.47 Å². The summed E-state index contributed by atoms with van der Waals surface area (Å²) in [5, 5.41) is 8.93. The molecule has 0 fully saturated rings. The van der Waals surface area contributed by atoms with Crippen LogP contribution < -0.4 is 0 Å². The van der Waals surface area contributed by atoms with E-state index in [2.05, 4.69) is 42.8 Å². The van der Waals surface area contributed by atoms with Crippen LogP contribution in [0.4, 0.5) is 0 Å². The quantitative estimate of drug-likeness (QED) is 0.686. The summed E-state index contributed by atoms with van der Waals surface area (Å²) in [6.07, 6.45) is 0. The lowest BCUT2D eigenvalue weighted by Gasteiger charge is -2.23. The molecule has 0 aliphatic heterocycles. The number of hydrogen-bond acceptors (Lipinski definition) is 1. The van der Waals surface area contributed by atoms with Crippen molar-refractivity contribution >= 4 is 15.9 Å². The van der Waals surface area contributed by atoms with Crippen molar-refractivity contribution in [3.8, 4) is 6.07 Å². The van der Waals surface area contributed by atoms with Crippen molar-refractivity contribution < 1.29 is 0 Å². The van der Waals surface area contributed by atoms with Crippen LogP contribution >= 0.6 is 15.9 Å². The third-order valence-corrected chi connectivity index (χ3v) is 2.95. The second-order valence-electron chi connectivity index (χ2n) is 4.46. The summed E-state index contributed by atoms with van der Waals surface area (Å²) in [6, 6.07) is 6.02. The van der Waals surface area contributed by atoms with E-state index in [1.165, 1.54) is 5.56 Å². The van der Waals surface area contributed by atoms with Crippen molar-refractivity contribution in [3.63, 3.8) is 0 Å². The molecule has 0 unspecified atom stereocenters. The van der Waals surface area contributed by atoms with Crippen LogP contribution in [0.25, 0.3) is 0 Å². The number of benzene rings is 1. The van der Waals surface area contributed by atoms with Crippen LogP contribution in [0.3, 0.4) is 0 Å². The lowest BCUT2D eigenvalue weighted by atomic mass is 9.83. The van der Waals surface area contributed by atoms with Crippen LogP contribution in [0.1, 0.15) is 37.5 Å². The zero-order valence-corrected chi connectivity index (χ0v) is 10.6. The fourth-order valence-electron chi connectivity index (χ4n) is 1.72. The summed E-state index contributed by atoms with van der Waals surface area (Å²) < 4.78 is 1.08. The van der Waals surface area contributed by atoms with E-state index in [1.54, 1.807) is 0 Å². The minimum Gasteiger partial charge on any atom is -0.192 e. The summed E-state index contributed by atoms with van der Waals surface area (Å²) >= 11 is 3.54. The van der Waals surface area contributed by atoms with E-state index in [9.17, 15) is 0 Å². The molecule has 0 aromatic heterocycles. The van der Waals surface area contributed by atoms with Crippen LogP contribution in [-0.2, 0) is 5.41 Å². The highest BCUT2D eigenvalue weighted by Crippen LogP contribution is 2.33. The summed E-state index contributed by atoms with van der Waals surface area (Å²) in [5.74, 6) is 0. The largest absolute Gasteiger partial charge is 0.192 e. The predicted molar refractivity (Wildman–Crippen MR) is 62.3 cm³/mol. The molecule has 0 N–H and O–H groups in total. The SMILES string of the molecule is Cc1c(C#N)ccc(Br)c1C(C)(C)C. The van der Waals surface area contributed by atoms with Gasteiger partial charge < -0.3 is 0 Å². The Morgan fingerprint density at radius 2 is 1.86 bits per heavy atom. The molecular formula is C12H14BrN. The first kappa shape index (κ1) is 11.3. The summed E-state index contributed by atoms with van der Waals surface area (Å²) in [6.45, 7) is 8.47. The fourth-order valence-corrected chi connectivity index (χ4v) is 2.74. The molecule has 1 aromatic rings. The Balaban J connectivity index is 3.50. The van der Waals surface area contributed by atoms with Gasteiger partial charge in [-0.1, -0.05) is 36.7 Å². The number of rotatable bonds is 0. The molecule has 0 aliphatic carbocycles. The van der Waals surface area contributed by atoms with Crippen LogP contribution in [0.15, 0.2) is 16.6 Å². The molecule has 1 aromatic carbocycles. The average molecular weight is 252 g/mol. The Kier molecular flexibility index (Phi) is 3.01. The van der Waals surface area contributed by atoms with Crippen molar-refractivity contribution in [1.29, 1.82) is 5.26 Å². The molecule has 0 heterocycles. The van der Waals surface area contributed by atoms with Crippen molar-refractivity contribution in [3.05, 3.63) is 33.3 Å². The van der Waals surface area contributed by atoms with E-state index in [1.807, 2.05) is 19.1 Å². The van der Waals surface area contributed by atoms with Crippen molar-refractivity contribution in [1.82, 2.24) is 0 Å². The van der Waals surface area contributed by atoms with Gasteiger partial charge in [0.25, 0.3) is 0 Å². The average Bonchev–Trinajstić information content (AvgIpc) is 2.02. The zero-order chi connectivity index (χ0) is 10.9. The summed E-state index contributed by atoms with van der Waals surface area (Å²) in [5.41, 5.74) is 3.12. The standard InChI is InChI=1S/C12H14BrN/c1-8-9(7-14)5-6-10(13)11(8)12(2,3)4/h5-6H,1-4H3. The smallest absolute Gasteiger partial charge is 0.0994 e. The van der Waals surface area contributed by atoms with Gasteiger partial charge in [-0.25, -0.2) is 0 Å². The molecule has 14 heavy (non-hydrogen) atoms. The molecule has 0 atom stereocenters. The maximum atomic E-state index is 8.93. The van der Waals surface area contributed by atoms with Gasteiger partial charge >= 0.3 is 0 Å². The highest BCUT2D eigenvalue weighted by molar-refractivity contribution is 9.10. The maximum absolute atomic E-state index is 8.93. The Labute approximate surface area is 93.9 Å². The second kappa shape index (κ2) is 3.74. The zero-order valence-electron chi connectivity index (χ0n) is 8.98. The third kappa shape index (κ3) is 1.99. The first-order valence-corrected chi connectivity index (χ1v) is 5.37. The monoisotopic (exact) mass is 251 g/mol. The minimum atomic E-state index is 0.0653. The van der Waals surface area contributed by atoms with Crippen LogP contribution in [-0.4, -0.2) is 0 Å². The second-order valence-corrected chi connectivity index (χ2v) is 5.31. The normalized spacial score (nSPS) is 11.1. The molecule has 0 saturated heterocycles. The molecule has 0 spiro atoms. The van der Waals surface area contributed by atoms with E-state index in [0.29, 0.717) is 0 Å². The summed E-state index contributed by atoms with van der Waals surface area (Å²) in [4.78, 5) is 0. The van der Waals surface area contributed by atoms with E-state index >= 15 is 0 Å². The van der Waals surface area contributed by atoms with Crippen LogP contribution in [0, 0.1) is 18.3 Å². The number of nitrogens with zero attached hydrogens (tertiary/aromatic N) is 1. The Bertz CT molecular complexity index is 394. The van der Waals surface area contributed by atoms with E-state index in [0.717, 1.165) is 15.6 Å². The lowest BCUT2D eigenvalue weighted by Crippen LogP contribution is -2.14. The van der Waals surface area contributed by atoms with Gasteiger partial charge in [0.15, 0.2) is 0 Å². The lowest BCUT2D eigenvalue weighted by molar-refractivity contribution is 0.582. The Morgan fingerprint density at radius 3 is 2.29 bits per heavy atom. The molecule has 0 amide bonds. The van der Waals surface area contributed by atoms with Gasteiger partial charge in [-0.15, -0.1) is 0 Å². The maximum Gasteiger partial charge on any atom is 0.0994 e. The molecule has 0 radical (unpaired) electrons. The van der Waals surface area contributed by atoms with Gasteiger partial charge in [0.05, 0.1) is 11.6 Å². The number of hydrogen-bond donors (Lipinski definition) is 0. The van der Waals surface area contributed by atoms with E-state index < -0.39 is 0 Å². The number of halogens is 1. The highest BCUT2D eigenvalue weighted by Gasteiger charge is 2.20. The fraction of sp³-hybridized carbons (Fsp3) is 0.417. The van der Waals surface area contributed by atoms with Crippen molar-refractivity contribution in [2.45, 2.75) is 33.1 Å². The molecule has 1 nitrogen and oxygen atoms in total. The van der Waals surface area contributed by atoms with E-state index in [-0.39, 0.29) is 5.41 Å². The summed E-state index contributed by atoms with van der Waals surface area (Å²) in [7, 11) is 0. The van der Waals surface area contributed by atoms with Crippen molar-refractivity contribution in [2.75, 3.05) is 0 Å². The molecule has 1 rings (SSSR count). The van der Waals surface area contributed by atoms with Crippen LogP contribution in [0.5, 0.6) is 0 Å². The molecule has 2 heteroatoms. The van der Waals surface area contributed by atoms with Gasteiger partial charge in [-0.2, -0.15) is 5.26 Å². The van der Waals surface area contributed by atoms with Gasteiger partial charge in [-0.3, -0.25) is 0 Å². The molecule has 0 saturated carbocycles. The first-order chi connectivity index (χ1) is 6.38. The predicted octanol–water partition coefficient (Wildman–Crippen LogP) is 3.93. The first-order valence-electron chi connectivity index (χ1n) is 4.57. The van der Waals surface area contributed by atoms with Gasteiger partial charge in [-0.05, 0) is 35.6 Å². The number of nitriles is 1. The molecule has 0 bridgehead atoms. The van der Waals surface area contributed by atoms with Gasteiger partial charge in [0.1, 0.15) is 0 Å². The Hall–Kier alpha value is -0.810. The van der Waals surface area contributed by atoms with Crippen molar-refractivity contribution in [2.24, 2.45) is 0 Å². The Morgan fingerprint density at radius 1 is 1.29 bits per heavy atom. The highest BCUT2D eigenvalue weighted by atomic mass is 79.9. The van der Waals surface area contributed by atoms with Gasteiger partial charge in [0.2, 0.25) is 0 Å². The topological polar surface area (TPSA) is 23.8 Å². The molecular weight excluding hydrogens is 238 g/mol. The minimum absolute atomic E-state index is 0.0653. The van der Waals surface area contributed by atoms with Crippen LogP contribution in [0.2, 0.25) is 0 Å². The molecule has 74 valence electrons.